The van der Waals surface area contributed by atoms with Crippen molar-refractivity contribution in [1.82, 2.24) is 15.2 Å². The summed E-state index contributed by atoms with van der Waals surface area (Å²) in [5.74, 6) is -1.05. The zero-order valence-electron chi connectivity index (χ0n) is 11.6. The first-order valence-corrected chi connectivity index (χ1v) is 5.91. The molecule has 6 heteroatoms. The molecule has 6 nitrogen and oxygen atoms in total. The summed E-state index contributed by atoms with van der Waals surface area (Å²) >= 11 is 0. The molecule has 1 aromatic heterocycles. The standard InChI is InChI=1S/C13H19N3O3/c1-9-5-6-14-7-10(9)8-15-12(19)16(4)13(2,3)11(17)18/h5-7H,8H2,1-4H3,(H,15,19)(H,17,18). The van der Waals surface area contributed by atoms with Crippen LogP contribution in [0.25, 0.3) is 0 Å². The predicted octanol–water partition coefficient (Wildman–Crippen LogP) is 1.39. The monoisotopic (exact) mass is 265 g/mol. The lowest BCUT2D eigenvalue weighted by Gasteiger charge is -2.31. The van der Waals surface area contributed by atoms with Crippen LogP contribution in [0.1, 0.15) is 25.0 Å². The van der Waals surface area contributed by atoms with Gasteiger partial charge >= 0.3 is 12.0 Å². The number of nitrogens with zero attached hydrogens (tertiary/aromatic N) is 2. The van der Waals surface area contributed by atoms with Crippen LogP contribution in [-0.2, 0) is 11.3 Å². The molecule has 0 saturated carbocycles. The Bertz CT molecular complexity index is 486. The van der Waals surface area contributed by atoms with Gasteiger partial charge in [0.05, 0.1) is 0 Å². The van der Waals surface area contributed by atoms with Crippen LogP contribution in [0.5, 0.6) is 0 Å². The van der Waals surface area contributed by atoms with Crippen molar-refractivity contribution in [1.29, 1.82) is 0 Å². The normalized spacial score (nSPS) is 10.9. The maximum absolute atomic E-state index is 11.9. The molecule has 1 rings (SSSR count). The second-order valence-electron chi connectivity index (χ2n) is 4.88. The van der Waals surface area contributed by atoms with E-state index in [0.717, 1.165) is 11.1 Å². The SMILES string of the molecule is Cc1ccncc1CNC(=O)N(C)C(C)(C)C(=O)O. The molecule has 0 fully saturated rings. The summed E-state index contributed by atoms with van der Waals surface area (Å²) in [4.78, 5) is 28.1. The highest BCUT2D eigenvalue weighted by Crippen LogP contribution is 2.12. The highest BCUT2D eigenvalue weighted by atomic mass is 16.4. The van der Waals surface area contributed by atoms with E-state index in [9.17, 15) is 9.59 Å². The first-order chi connectivity index (χ1) is 8.76. The number of carboxylic acid groups (broad SMARTS) is 1. The van der Waals surface area contributed by atoms with E-state index in [2.05, 4.69) is 10.3 Å². The van der Waals surface area contributed by atoms with E-state index in [1.54, 1.807) is 12.4 Å². The van der Waals surface area contributed by atoms with Crippen molar-refractivity contribution in [3.8, 4) is 0 Å². The fourth-order valence-corrected chi connectivity index (χ4v) is 1.37. The highest BCUT2D eigenvalue weighted by Gasteiger charge is 2.35. The molecule has 1 heterocycles. The molecule has 104 valence electrons. The molecule has 0 aliphatic rings. The number of likely N-dealkylation sites (N-methyl/N-ethyl adjacent to an activating group) is 1. The summed E-state index contributed by atoms with van der Waals surface area (Å²) in [7, 11) is 1.46. The van der Waals surface area contributed by atoms with Crippen molar-refractivity contribution in [2.75, 3.05) is 7.05 Å². The van der Waals surface area contributed by atoms with Crippen molar-refractivity contribution >= 4 is 12.0 Å². The molecule has 0 saturated heterocycles. The van der Waals surface area contributed by atoms with Crippen LogP contribution in [0.4, 0.5) is 4.79 Å². The van der Waals surface area contributed by atoms with E-state index in [4.69, 9.17) is 5.11 Å². The largest absolute Gasteiger partial charge is 0.480 e. The molecule has 0 aromatic carbocycles. The van der Waals surface area contributed by atoms with Crippen LogP contribution in [0, 0.1) is 6.92 Å². The van der Waals surface area contributed by atoms with Crippen molar-refractivity contribution in [3.05, 3.63) is 29.6 Å². The predicted molar refractivity (Wildman–Crippen MR) is 70.7 cm³/mol. The van der Waals surface area contributed by atoms with E-state index < -0.39 is 17.5 Å². The molecule has 0 radical (unpaired) electrons. The van der Waals surface area contributed by atoms with Crippen LogP contribution >= 0.6 is 0 Å². The first-order valence-electron chi connectivity index (χ1n) is 5.91. The van der Waals surface area contributed by atoms with Gasteiger partial charge in [0.2, 0.25) is 0 Å². The number of hydrogen-bond acceptors (Lipinski definition) is 3. The van der Waals surface area contributed by atoms with Gasteiger partial charge in [-0.15, -0.1) is 0 Å². The van der Waals surface area contributed by atoms with Gasteiger partial charge in [0, 0.05) is 26.0 Å². The molecule has 0 spiro atoms. The van der Waals surface area contributed by atoms with Crippen molar-refractivity contribution in [3.63, 3.8) is 0 Å². The lowest BCUT2D eigenvalue weighted by atomic mass is 10.0. The summed E-state index contributed by atoms with van der Waals surface area (Å²) in [5.41, 5.74) is 0.668. The fourth-order valence-electron chi connectivity index (χ4n) is 1.37. The Balaban J connectivity index is 2.66. The van der Waals surface area contributed by atoms with E-state index >= 15 is 0 Å². The van der Waals surface area contributed by atoms with E-state index in [-0.39, 0.29) is 0 Å². The second-order valence-corrected chi connectivity index (χ2v) is 4.88. The van der Waals surface area contributed by atoms with Crippen molar-refractivity contribution in [2.24, 2.45) is 0 Å². The van der Waals surface area contributed by atoms with Gasteiger partial charge in [0.15, 0.2) is 0 Å². The third-order valence-electron chi connectivity index (χ3n) is 3.24. The summed E-state index contributed by atoms with van der Waals surface area (Å²) in [6, 6.07) is 1.42. The van der Waals surface area contributed by atoms with Gasteiger partial charge in [-0.3, -0.25) is 4.98 Å². The topological polar surface area (TPSA) is 82.5 Å². The van der Waals surface area contributed by atoms with Gasteiger partial charge in [-0.2, -0.15) is 0 Å². The molecule has 0 aliphatic heterocycles. The number of carboxylic acids is 1. The Hall–Kier alpha value is -2.11. The van der Waals surface area contributed by atoms with Crippen molar-refractivity contribution in [2.45, 2.75) is 32.9 Å². The number of carbonyl (C=O) groups is 2. The minimum atomic E-state index is -1.26. The van der Waals surface area contributed by atoms with Crippen LogP contribution in [0.3, 0.4) is 0 Å². The number of hydrogen-bond donors (Lipinski definition) is 2. The van der Waals surface area contributed by atoms with E-state index in [1.807, 2.05) is 13.0 Å². The summed E-state index contributed by atoms with van der Waals surface area (Å²) < 4.78 is 0. The average molecular weight is 265 g/mol. The number of amides is 2. The Labute approximate surface area is 112 Å². The third kappa shape index (κ3) is 3.43. The van der Waals surface area contributed by atoms with Gasteiger partial charge in [-0.05, 0) is 38.0 Å². The number of carbonyl (C=O) groups excluding carboxylic acids is 1. The Morgan fingerprint density at radius 2 is 2.11 bits per heavy atom. The van der Waals surface area contributed by atoms with Gasteiger partial charge in [0.25, 0.3) is 0 Å². The van der Waals surface area contributed by atoms with Crippen LogP contribution in [0.15, 0.2) is 18.5 Å². The Kier molecular flexibility index (Phi) is 4.47. The third-order valence-corrected chi connectivity index (χ3v) is 3.24. The number of urea groups is 1. The highest BCUT2D eigenvalue weighted by molar-refractivity contribution is 5.85. The molecule has 19 heavy (non-hydrogen) atoms. The lowest BCUT2D eigenvalue weighted by Crippen LogP contribution is -2.53. The van der Waals surface area contributed by atoms with Gasteiger partial charge < -0.3 is 15.3 Å². The molecule has 0 bridgehead atoms. The quantitative estimate of drug-likeness (QED) is 0.862. The smallest absolute Gasteiger partial charge is 0.329 e. The molecule has 2 amide bonds. The maximum atomic E-state index is 11.9. The first kappa shape index (κ1) is 14.9. The van der Waals surface area contributed by atoms with E-state index in [0.29, 0.717) is 6.54 Å². The number of aryl methyl sites for hydroxylation is 1. The maximum Gasteiger partial charge on any atom is 0.329 e. The number of aliphatic carboxylic acids is 1. The Morgan fingerprint density at radius 1 is 1.47 bits per heavy atom. The molecular weight excluding hydrogens is 246 g/mol. The van der Waals surface area contributed by atoms with Gasteiger partial charge in [-0.1, -0.05) is 0 Å². The van der Waals surface area contributed by atoms with Gasteiger partial charge in [-0.25, -0.2) is 9.59 Å². The van der Waals surface area contributed by atoms with Crippen LogP contribution in [0.2, 0.25) is 0 Å². The molecule has 1 aromatic rings. The molecular formula is C13H19N3O3. The average Bonchev–Trinajstić information content (AvgIpc) is 2.36. The zero-order valence-corrected chi connectivity index (χ0v) is 11.6. The number of aromatic nitrogens is 1. The fraction of sp³-hybridized carbons (Fsp3) is 0.462. The minimum Gasteiger partial charge on any atom is -0.480 e. The van der Waals surface area contributed by atoms with E-state index in [1.165, 1.54) is 25.8 Å². The molecule has 0 aliphatic carbocycles. The zero-order chi connectivity index (χ0) is 14.6. The minimum absolute atomic E-state index is 0.318. The molecule has 0 atom stereocenters. The summed E-state index contributed by atoms with van der Waals surface area (Å²) in [6.07, 6.45) is 3.36. The Morgan fingerprint density at radius 3 is 2.63 bits per heavy atom. The summed E-state index contributed by atoms with van der Waals surface area (Å²) in [5, 5.41) is 11.7. The summed E-state index contributed by atoms with van der Waals surface area (Å²) in [6.45, 7) is 5.20. The second kappa shape index (κ2) is 5.69. The van der Waals surface area contributed by atoms with Crippen LogP contribution < -0.4 is 5.32 Å². The van der Waals surface area contributed by atoms with Crippen LogP contribution in [-0.4, -0.2) is 39.6 Å². The molecule has 2 N–H and O–H groups in total. The lowest BCUT2D eigenvalue weighted by molar-refractivity contribution is -0.146. The molecule has 0 unspecified atom stereocenters. The van der Waals surface area contributed by atoms with Crippen molar-refractivity contribution < 1.29 is 14.7 Å². The van der Waals surface area contributed by atoms with Gasteiger partial charge in [0.1, 0.15) is 5.54 Å². The number of pyridine rings is 1. The number of rotatable bonds is 4. The number of nitrogens with one attached hydrogen (secondary N) is 1.